The molecule has 72 valence electrons. The first-order chi connectivity index (χ1) is 5.02. The van der Waals surface area contributed by atoms with Gasteiger partial charge >= 0.3 is 37.7 Å². The van der Waals surface area contributed by atoms with Crippen molar-refractivity contribution in [1.29, 1.82) is 0 Å². The maximum absolute atomic E-state index is 11.1. The Labute approximate surface area is 106 Å². The van der Waals surface area contributed by atoms with Crippen molar-refractivity contribution in [2.75, 3.05) is 12.8 Å². The van der Waals surface area contributed by atoms with E-state index in [1.807, 2.05) is 0 Å². The molecule has 1 atom stereocenters. The molecule has 0 aromatic heterocycles. The molecule has 0 N–H and O–H groups in total. The summed E-state index contributed by atoms with van der Waals surface area (Å²) in [5.41, 5.74) is 0. The van der Waals surface area contributed by atoms with Crippen molar-refractivity contribution in [3.05, 3.63) is 0 Å². The van der Waals surface area contributed by atoms with Crippen LogP contribution in [0.15, 0.2) is 0 Å². The molecule has 0 radical (unpaired) electrons. The van der Waals surface area contributed by atoms with Gasteiger partial charge in [0.15, 0.2) is 8.03 Å². The van der Waals surface area contributed by atoms with Crippen LogP contribution in [0.1, 0.15) is 27.7 Å². The molecule has 2 nitrogen and oxygen atoms in total. The molecular weight excluding hydrogens is 199 g/mol. The van der Waals surface area contributed by atoms with Gasteiger partial charge in [-0.3, -0.25) is 4.57 Å². The van der Waals surface area contributed by atoms with E-state index >= 15 is 0 Å². The van der Waals surface area contributed by atoms with Crippen molar-refractivity contribution in [3.8, 4) is 0 Å². The summed E-state index contributed by atoms with van der Waals surface area (Å²) >= 11 is 0. The summed E-state index contributed by atoms with van der Waals surface area (Å²) in [6.45, 7) is 8.86. The topological polar surface area (TPSA) is 26.3 Å². The molecule has 0 heterocycles. The molecule has 0 rings (SSSR count). The second-order valence-corrected chi connectivity index (χ2v) is 5.12. The van der Waals surface area contributed by atoms with E-state index in [0.717, 1.165) is 6.16 Å². The van der Waals surface area contributed by atoms with Crippen molar-refractivity contribution in [3.63, 3.8) is 0 Å². The van der Waals surface area contributed by atoms with Crippen molar-refractivity contribution < 1.29 is 9.09 Å². The Hall–Kier alpha value is 1.45. The van der Waals surface area contributed by atoms with Gasteiger partial charge in [-0.2, -0.15) is 0 Å². The SMILES string of the molecule is CC(C)CO[PH](=O)CC(C)C.[CaH2]. The van der Waals surface area contributed by atoms with E-state index in [9.17, 15) is 4.57 Å². The first-order valence-corrected chi connectivity index (χ1v) is 5.70. The molecule has 0 saturated heterocycles. The molecule has 1 unspecified atom stereocenters. The predicted molar refractivity (Wildman–Crippen MR) is 58.0 cm³/mol. The Balaban J connectivity index is 0. The average molecular weight is 220 g/mol. The molecule has 0 aromatic carbocycles. The summed E-state index contributed by atoms with van der Waals surface area (Å²) in [6, 6.07) is 0. The Morgan fingerprint density at radius 2 is 1.67 bits per heavy atom. The van der Waals surface area contributed by atoms with Crippen LogP contribution in [0.5, 0.6) is 0 Å². The van der Waals surface area contributed by atoms with Gasteiger partial charge in [-0.1, -0.05) is 27.7 Å². The van der Waals surface area contributed by atoms with Gasteiger partial charge in [0.1, 0.15) is 0 Å². The summed E-state index contributed by atoms with van der Waals surface area (Å²) in [6.07, 6.45) is 0.720. The van der Waals surface area contributed by atoms with Crippen LogP contribution in [-0.2, 0) is 9.09 Å². The van der Waals surface area contributed by atoms with Crippen molar-refractivity contribution >= 4 is 45.8 Å². The molecule has 0 saturated carbocycles. The molecule has 0 amide bonds. The van der Waals surface area contributed by atoms with Gasteiger partial charge in [0.05, 0.1) is 6.61 Å². The molecule has 4 heteroatoms. The van der Waals surface area contributed by atoms with E-state index < -0.39 is 8.03 Å². The van der Waals surface area contributed by atoms with E-state index in [2.05, 4.69) is 27.7 Å². The number of hydrogen-bond donors (Lipinski definition) is 0. The minimum absolute atomic E-state index is 0. The molecular formula is C8H21CaO2P. The summed E-state index contributed by atoms with van der Waals surface area (Å²) < 4.78 is 16.3. The first-order valence-electron chi connectivity index (χ1n) is 4.18. The molecule has 0 bridgehead atoms. The summed E-state index contributed by atoms with van der Waals surface area (Å²) in [5, 5.41) is 0. The standard InChI is InChI=1S/C8H19O2P.Ca.2H/c1-7(2)5-10-11(9)6-8(3)4;;;/h7-8,11H,5-6H2,1-4H3;;;. The molecule has 0 aliphatic carbocycles. The van der Waals surface area contributed by atoms with Crippen LogP contribution < -0.4 is 0 Å². The van der Waals surface area contributed by atoms with E-state index in [1.54, 1.807) is 0 Å². The van der Waals surface area contributed by atoms with Crippen molar-refractivity contribution in [1.82, 2.24) is 0 Å². The molecule has 0 aromatic rings. The third kappa shape index (κ3) is 11.4. The van der Waals surface area contributed by atoms with Crippen LogP contribution in [0, 0.1) is 11.8 Å². The Morgan fingerprint density at radius 1 is 1.17 bits per heavy atom. The quantitative estimate of drug-likeness (QED) is 0.522. The van der Waals surface area contributed by atoms with Gasteiger partial charge in [-0.15, -0.1) is 0 Å². The van der Waals surface area contributed by atoms with Crippen LogP contribution >= 0.6 is 8.03 Å². The van der Waals surface area contributed by atoms with Gasteiger partial charge in [-0.05, 0) is 11.8 Å². The van der Waals surface area contributed by atoms with Crippen LogP contribution in [0.2, 0.25) is 0 Å². The third-order valence-corrected chi connectivity index (χ3v) is 2.79. The number of hydrogen-bond acceptors (Lipinski definition) is 2. The fraction of sp³-hybridized carbons (Fsp3) is 1.00. The van der Waals surface area contributed by atoms with E-state index in [4.69, 9.17) is 4.52 Å². The molecule has 0 spiro atoms. The van der Waals surface area contributed by atoms with E-state index in [1.165, 1.54) is 0 Å². The van der Waals surface area contributed by atoms with Crippen LogP contribution in [-0.4, -0.2) is 50.5 Å². The third-order valence-electron chi connectivity index (χ3n) is 1.15. The van der Waals surface area contributed by atoms with Crippen LogP contribution in [0.4, 0.5) is 0 Å². The van der Waals surface area contributed by atoms with Gasteiger partial charge < -0.3 is 4.52 Å². The van der Waals surface area contributed by atoms with Crippen molar-refractivity contribution in [2.45, 2.75) is 27.7 Å². The van der Waals surface area contributed by atoms with E-state index in [0.29, 0.717) is 18.4 Å². The van der Waals surface area contributed by atoms with Gasteiger partial charge in [0, 0.05) is 6.16 Å². The maximum atomic E-state index is 11.1. The Kier molecular flexibility index (Phi) is 12.0. The first kappa shape index (κ1) is 15.9. The molecule has 0 aliphatic heterocycles. The molecule has 0 fully saturated rings. The van der Waals surface area contributed by atoms with Gasteiger partial charge in [0.2, 0.25) is 0 Å². The van der Waals surface area contributed by atoms with Gasteiger partial charge in [-0.25, -0.2) is 0 Å². The second kappa shape index (κ2) is 9.02. The fourth-order valence-electron chi connectivity index (χ4n) is 0.652. The number of rotatable bonds is 5. The normalized spacial score (nSPS) is 13.2. The van der Waals surface area contributed by atoms with Crippen LogP contribution in [0.3, 0.4) is 0 Å². The summed E-state index contributed by atoms with van der Waals surface area (Å²) in [7, 11) is -1.73. The Bertz CT molecular complexity index is 126. The summed E-state index contributed by atoms with van der Waals surface area (Å²) in [5.74, 6) is 0.963. The zero-order chi connectivity index (χ0) is 8.85. The predicted octanol–water partition coefficient (Wildman–Crippen LogP) is 1.87. The van der Waals surface area contributed by atoms with Crippen molar-refractivity contribution in [2.24, 2.45) is 11.8 Å². The second-order valence-electron chi connectivity index (χ2n) is 3.67. The van der Waals surface area contributed by atoms with E-state index in [-0.39, 0.29) is 37.7 Å². The Morgan fingerprint density at radius 3 is 2.00 bits per heavy atom. The summed E-state index contributed by atoms with van der Waals surface area (Å²) in [4.78, 5) is 0. The zero-order valence-electron chi connectivity index (χ0n) is 7.89. The zero-order valence-corrected chi connectivity index (χ0v) is 8.89. The monoisotopic (exact) mass is 220 g/mol. The van der Waals surface area contributed by atoms with Gasteiger partial charge in [0.25, 0.3) is 0 Å². The molecule has 0 aliphatic rings. The fourth-order valence-corrected chi connectivity index (χ4v) is 1.96. The minimum atomic E-state index is -1.73. The molecule has 12 heavy (non-hydrogen) atoms. The average Bonchev–Trinajstić information content (AvgIpc) is 1.82. The van der Waals surface area contributed by atoms with Crippen LogP contribution in [0.25, 0.3) is 0 Å².